The second-order valence-electron chi connectivity index (χ2n) is 1.94. The Morgan fingerprint density at radius 2 is 2.27 bits per heavy atom. The van der Waals surface area contributed by atoms with E-state index in [4.69, 9.17) is 0 Å². The van der Waals surface area contributed by atoms with Gasteiger partial charge in [-0.3, -0.25) is 0 Å². The summed E-state index contributed by atoms with van der Waals surface area (Å²) in [7, 11) is 0. The summed E-state index contributed by atoms with van der Waals surface area (Å²) in [5.74, 6) is 0. The predicted octanol–water partition coefficient (Wildman–Crippen LogP) is 3.54. The Balaban J connectivity index is 2.80. The van der Waals surface area contributed by atoms with Crippen molar-refractivity contribution in [1.82, 2.24) is 0 Å². The summed E-state index contributed by atoms with van der Waals surface area (Å²) in [6.45, 7) is 3.49. The Morgan fingerprint density at radius 3 is 2.73 bits per heavy atom. The van der Waals surface area contributed by atoms with Crippen LogP contribution in [0.2, 0.25) is 0 Å². The van der Waals surface area contributed by atoms with Crippen LogP contribution in [0, 0.1) is 0 Å². The highest BCUT2D eigenvalue weighted by Gasteiger charge is 1.97. The van der Waals surface area contributed by atoms with Gasteiger partial charge in [-0.25, -0.2) is 0 Å². The number of halogens is 2. The van der Waals surface area contributed by atoms with E-state index in [2.05, 4.69) is 6.58 Å². The molecule has 1 heterocycles. The summed E-state index contributed by atoms with van der Waals surface area (Å²) < 4.78 is 23.4. The average Bonchev–Trinajstić information content (AvgIpc) is 2.35. The highest BCUT2D eigenvalue weighted by atomic mass is 32.1. The lowest BCUT2D eigenvalue weighted by Crippen LogP contribution is -1.69. The zero-order valence-electron chi connectivity index (χ0n) is 5.68. The summed E-state index contributed by atoms with van der Waals surface area (Å²) in [5.41, 5.74) is 0.361. The molecule has 1 aromatic rings. The van der Waals surface area contributed by atoms with Crippen LogP contribution in [0.25, 0.3) is 5.57 Å². The molecule has 1 rings (SSSR count). The van der Waals surface area contributed by atoms with E-state index in [1.807, 2.05) is 5.38 Å². The Hall–Kier alpha value is -0.960. The molecule has 0 amide bonds. The molecule has 0 saturated carbocycles. The normalized spacial score (nSPS) is 9.27. The van der Waals surface area contributed by atoms with Crippen molar-refractivity contribution in [3.63, 3.8) is 0 Å². The second kappa shape index (κ2) is 3.44. The maximum atomic E-state index is 11.7. The predicted molar refractivity (Wildman–Crippen MR) is 43.7 cm³/mol. The van der Waals surface area contributed by atoms with Crippen LogP contribution in [-0.2, 0) is 0 Å². The SMILES string of the molecule is C=C(C=C(F)F)c1cccs1. The van der Waals surface area contributed by atoms with Crippen molar-refractivity contribution in [3.8, 4) is 0 Å². The Kier molecular flexibility index (Phi) is 2.54. The van der Waals surface area contributed by atoms with Crippen LogP contribution in [0.1, 0.15) is 4.88 Å². The van der Waals surface area contributed by atoms with Crippen molar-refractivity contribution in [2.24, 2.45) is 0 Å². The maximum Gasteiger partial charge on any atom is 0.270 e. The Labute approximate surface area is 67.5 Å². The van der Waals surface area contributed by atoms with Crippen LogP contribution >= 0.6 is 11.3 Å². The first-order valence-electron chi connectivity index (χ1n) is 2.95. The third-order valence-electron chi connectivity index (χ3n) is 1.12. The third kappa shape index (κ3) is 2.27. The molecule has 11 heavy (non-hydrogen) atoms. The first-order valence-corrected chi connectivity index (χ1v) is 3.83. The largest absolute Gasteiger partial charge is 0.270 e. The Bertz CT molecular complexity index is 268. The minimum absolute atomic E-state index is 0.361. The first-order chi connectivity index (χ1) is 5.20. The van der Waals surface area contributed by atoms with E-state index in [-0.39, 0.29) is 0 Å². The highest BCUT2D eigenvalue weighted by molar-refractivity contribution is 7.11. The molecule has 58 valence electrons. The topological polar surface area (TPSA) is 0 Å². The quantitative estimate of drug-likeness (QED) is 0.598. The van der Waals surface area contributed by atoms with Gasteiger partial charge in [0.25, 0.3) is 6.08 Å². The van der Waals surface area contributed by atoms with Crippen LogP contribution < -0.4 is 0 Å². The lowest BCUT2D eigenvalue weighted by Gasteiger charge is -1.90. The molecule has 0 atom stereocenters. The molecule has 0 N–H and O–H groups in total. The van der Waals surface area contributed by atoms with Gasteiger partial charge in [0, 0.05) is 11.0 Å². The van der Waals surface area contributed by atoms with Gasteiger partial charge in [-0.15, -0.1) is 11.3 Å². The van der Waals surface area contributed by atoms with Crippen molar-refractivity contribution in [2.75, 3.05) is 0 Å². The summed E-state index contributed by atoms with van der Waals surface area (Å²) in [6, 6.07) is 3.56. The van der Waals surface area contributed by atoms with Crippen molar-refractivity contribution in [3.05, 3.63) is 41.1 Å². The van der Waals surface area contributed by atoms with Crippen molar-refractivity contribution < 1.29 is 8.78 Å². The van der Waals surface area contributed by atoms with Gasteiger partial charge in [0.15, 0.2) is 0 Å². The van der Waals surface area contributed by atoms with E-state index >= 15 is 0 Å². The molecule has 0 aliphatic carbocycles. The molecule has 0 nitrogen and oxygen atoms in total. The molecular weight excluding hydrogens is 166 g/mol. The van der Waals surface area contributed by atoms with E-state index in [1.165, 1.54) is 11.3 Å². The van der Waals surface area contributed by atoms with Crippen molar-refractivity contribution >= 4 is 16.9 Å². The molecule has 0 aliphatic heterocycles. The Morgan fingerprint density at radius 1 is 1.55 bits per heavy atom. The standard InChI is InChI=1S/C8H6F2S/c1-6(5-8(9)10)7-3-2-4-11-7/h2-5H,1H2. The summed E-state index contributed by atoms with van der Waals surface area (Å²) in [4.78, 5) is 0.776. The van der Waals surface area contributed by atoms with Gasteiger partial charge in [-0.1, -0.05) is 12.6 Å². The van der Waals surface area contributed by atoms with E-state index < -0.39 is 6.08 Å². The zero-order valence-corrected chi connectivity index (χ0v) is 6.50. The monoisotopic (exact) mass is 172 g/mol. The van der Waals surface area contributed by atoms with Crippen LogP contribution in [0.15, 0.2) is 36.2 Å². The molecule has 3 heteroatoms. The molecule has 0 saturated heterocycles. The molecule has 0 spiro atoms. The molecule has 0 fully saturated rings. The fourth-order valence-electron chi connectivity index (χ4n) is 0.664. The smallest absolute Gasteiger partial charge is 0.173 e. The molecule has 0 aliphatic rings. The first kappa shape index (κ1) is 8.14. The van der Waals surface area contributed by atoms with E-state index in [0.717, 1.165) is 11.0 Å². The van der Waals surface area contributed by atoms with Gasteiger partial charge in [0.1, 0.15) is 0 Å². The van der Waals surface area contributed by atoms with Crippen LogP contribution in [0.4, 0.5) is 8.78 Å². The molecular formula is C8H6F2S. The van der Waals surface area contributed by atoms with E-state index in [0.29, 0.717) is 5.57 Å². The van der Waals surface area contributed by atoms with Crippen molar-refractivity contribution in [2.45, 2.75) is 0 Å². The third-order valence-corrected chi connectivity index (χ3v) is 2.07. The molecule has 0 bridgehead atoms. The average molecular weight is 172 g/mol. The minimum Gasteiger partial charge on any atom is -0.173 e. The van der Waals surface area contributed by atoms with Crippen molar-refractivity contribution in [1.29, 1.82) is 0 Å². The molecule has 0 unspecified atom stereocenters. The van der Waals surface area contributed by atoms with E-state index in [9.17, 15) is 8.78 Å². The van der Waals surface area contributed by atoms with Crippen LogP contribution in [0.3, 0.4) is 0 Å². The maximum absolute atomic E-state index is 11.7. The van der Waals surface area contributed by atoms with Gasteiger partial charge < -0.3 is 0 Å². The molecule has 0 radical (unpaired) electrons. The fourth-order valence-corrected chi connectivity index (χ4v) is 1.34. The number of hydrogen-bond acceptors (Lipinski definition) is 1. The lowest BCUT2D eigenvalue weighted by molar-refractivity contribution is 0.422. The number of allylic oxidation sites excluding steroid dienone is 2. The van der Waals surface area contributed by atoms with E-state index in [1.54, 1.807) is 12.1 Å². The molecule has 0 aromatic carbocycles. The highest BCUT2D eigenvalue weighted by Crippen LogP contribution is 2.20. The van der Waals surface area contributed by atoms with Gasteiger partial charge in [-0.05, 0) is 17.0 Å². The number of thiophene rings is 1. The van der Waals surface area contributed by atoms with Gasteiger partial charge >= 0.3 is 0 Å². The number of hydrogen-bond donors (Lipinski definition) is 0. The lowest BCUT2D eigenvalue weighted by atomic mass is 10.2. The van der Waals surface area contributed by atoms with Gasteiger partial charge in [0.05, 0.1) is 0 Å². The summed E-state index contributed by atoms with van der Waals surface area (Å²) in [6.07, 6.45) is -0.936. The van der Waals surface area contributed by atoms with Crippen LogP contribution in [0.5, 0.6) is 0 Å². The number of rotatable bonds is 2. The second-order valence-corrected chi connectivity index (χ2v) is 2.88. The van der Waals surface area contributed by atoms with Crippen LogP contribution in [-0.4, -0.2) is 0 Å². The fraction of sp³-hybridized carbons (Fsp3) is 0. The van der Waals surface area contributed by atoms with Gasteiger partial charge in [-0.2, -0.15) is 8.78 Å². The minimum atomic E-state index is -1.71. The summed E-state index contributed by atoms with van der Waals surface area (Å²) in [5, 5.41) is 1.82. The molecule has 1 aromatic heterocycles. The summed E-state index contributed by atoms with van der Waals surface area (Å²) >= 11 is 1.40. The van der Waals surface area contributed by atoms with Gasteiger partial charge in [0.2, 0.25) is 0 Å². The zero-order chi connectivity index (χ0) is 8.27.